The average Bonchev–Trinajstić information content (AvgIpc) is 2.38. The van der Waals surface area contributed by atoms with E-state index in [2.05, 4.69) is 12.2 Å². The molecule has 1 N–H and O–H groups in total. The van der Waals surface area contributed by atoms with Crippen molar-refractivity contribution in [2.45, 2.75) is 64.7 Å². The van der Waals surface area contributed by atoms with Crippen LogP contribution in [-0.2, 0) is 4.74 Å². The highest BCUT2D eigenvalue weighted by atomic mass is 16.5. The van der Waals surface area contributed by atoms with Crippen LogP contribution in [-0.4, -0.2) is 26.3 Å². The Kier molecular flexibility index (Phi) is 9.72. The molecule has 0 bridgehead atoms. The van der Waals surface area contributed by atoms with Crippen LogP contribution in [0.2, 0.25) is 0 Å². The lowest BCUT2D eigenvalue weighted by atomic mass is 9.97. The van der Waals surface area contributed by atoms with Crippen LogP contribution in [0.25, 0.3) is 0 Å². The summed E-state index contributed by atoms with van der Waals surface area (Å²) in [5.41, 5.74) is 0. The molecule has 1 aliphatic heterocycles. The molecule has 0 saturated carbocycles. The van der Waals surface area contributed by atoms with E-state index in [0.29, 0.717) is 0 Å². The Morgan fingerprint density at radius 1 is 1.06 bits per heavy atom. The summed E-state index contributed by atoms with van der Waals surface area (Å²) in [5.74, 6) is 0.869. The number of rotatable bonds is 10. The predicted octanol–water partition coefficient (Wildman–Crippen LogP) is 3.75. The fraction of sp³-hybridized carbons (Fsp3) is 1.00. The first kappa shape index (κ1) is 15.0. The van der Waals surface area contributed by atoms with Crippen molar-refractivity contribution < 1.29 is 4.74 Å². The maximum Gasteiger partial charge on any atom is 0.0469 e. The van der Waals surface area contributed by atoms with Crippen molar-refractivity contribution in [2.24, 2.45) is 5.92 Å². The molecule has 1 rings (SSSR count). The molecule has 1 saturated heterocycles. The first-order valence-corrected chi connectivity index (χ1v) is 7.72. The fourth-order valence-corrected chi connectivity index (χ4v) is 2.51. The highest BCUT2D eigenvalue weighted by Crippen LogP contribution is 2.13. The lowest BCUT2D eigenvalue weighted by molar-refractivity contribution is 0.112. The van der Waals surface area contributed by atoms with E-state index in [0.717, 1.165) is 19.1 Å². The molecule has 1 fully saturated rings. The van der Waals surface area contributed by atoms with Gasteiger partial charge in [-0.15, -0.1) is 0 Å². The van der Waals surface area contributed by atoms with Crippen LogP contribution in [0, 0.1) is 5.92 Å². The molecule has 17 heavy (non-hydrogen) atoms. The molecule has 1 heterocycles. The smallest absolute Gasteiger partial charge is 0.0469 e. The minimum Gasteiger partial charge on any atom is -0.381 e. The Balaban J connectivity index is 1.75. The van der Waals surface area contributed by atoms with Gasteiger partial charge in [0, 0.05) is 13.2 Å². The summed E-state index contributed by atoms with van der Waals surface area (Å²) in [4.78, 5) is 0. The summed E-state index contributed by atoms with van der Waals surface area (Å²) >= 11 is 0. The van der Waals surface area contributed by atoms with Crippen LogP contribution in [0.4, 0.5) is 0 Å². The van der Waals surface area contributed by atoms with Crippen LogP contribution >= 0.6 is 0 Å². The minimum atomic E-state index is 0.869. The van der Waals surface area contributed by atoms with Crippen LogP contribution in [0.1, 0.15) is 64.7 Å². The molecular weight excluding hydrogens is 210 g/mol. The lowest BCUT2D eigenvalue weighted by Crippen LogP contribution is -2.30. The van der Waals surface area contributed by atoms with E-state index in [1.807, 2.05) is 0 Å². The van der Waals surface area contributed by atoms with E-state index in [1.54, 1.807) is 0 Å². The first-order chi connectivity index (χ1) is 8.43. The first-order valence-electron chi connectivity index (χ1n) is 7.72. The number of piperidine rings is 1. The molecule has 2 nitrogen and oxygen atoms in total. The molecule has 1 aliphatic rings. The van der Waals surface area contributed by atoms with Crippen molar-refractivity contribution in [1.82, 2.24) is 5.32 Å². The molecule has 102 valence electrons. The SMILES string of the molecule is CCCCCCCCOCCC1CCCNC1. The number of nitrogens with one attached hydrogen (secondary N) is 1. The molecule has 0 spiro atoms. The molecule has 1 atom stereocenters. The van der Waals surface area contributed by atoms with Crippen molar-refractivity contribution in [3.8, 4) is 0 Å². The number of hydrogen-bond donors (Lipinski definition) is 1. The maximum atomic E-state index is 5.72. The van der Waals surface area contributed by atoms with Gasteiger partial charge in [0.15, 0.2) is 0 Å². The van der Waals surface area contributed by atoms with E-state index in [9.17, 15) is 0 Å². The van der Waals surface area contributed by atoms with E-state index in [-0.39, 0.29) is 0 Å². The summed E-state index contributed by atoms with van der Waals surface area (Å²) in [5, 5.41) is 3.46. The van der Waals surface area contributed by atoms with Gasteiger partial charge < -0.3 is 10.1 Å². The van der Waals surface area contributed by atoms with Crippen molar-refractivity contribution in [3.05, 3.63) is 0 Å². The highest BCUT2D eigenvalue weighted by Gasteiger charge is 2.11. The molecule has 0 radical (unpaired) electrons. The summed E-state index contributed by atoms with van der Waals surface area (Å²) in [7, 11) is 0. The van der Waals surface area contributed by atoms with Crippen LogP contribution < -0.4 is 5.32 Å². The monoisotopic (exact) mass is 241 g/mol. The van der Waals surface area contributed by atoms with Crippen molar-refractivity contribution in [1.29, 1.82) is 0 Å². The van der Waals surface area contributed by atoms with Crippen molar-refractivity contribution in [3.63, 3.8) is 0 Å². The van der Waals surface area contributed by atoms with Gasteiger partial charge in [0.05, 0.1) is 0 Å². The Labute approximate surface area is 108 Å². The van der Waals surface area contributed by atoms with Gasteiger partial charge in [-0.25, -0.2) is 0 Å². The third-order valence-corrected chi connectivity index (χ3v) is 3.71. The second kappa shape index (κ2) is 11.0. The third kappa shape index (κ3) is 8.62. The quantitative estimate of drug-likeness (QED) is 0.588. The largest absolute Gasteiger partial charge is 0.381 e. The molecule has 2 heteroatoms. The van der Waals surface area contributed by atoms with Gasteiger partial charge in [-0.1, -0.05) is 39.0 Å². The summed E-state index contributed by atoms with van der Waals surface area (Å²) in [6, 6.07) is 0. The maximum absolute atomic E-state index is 5.72. The Bertz CT molecular complexity index is 155. The summed E-state index contributed by atoms with van der Waals surface area (Å²) in [6.45, 7) is 6.65. The Morgan fingerprint density at radius 2 is 1.88 bits per heavy atom. The van der Waals surface area contributed by atoms with Gasteiger partial charge in [0.1, 0.15) is 0 Å². The third-order valence-electron chi connectivity index (χ3n) is 3.71. The summed E-state index contributed by atoms with van der Waals surface area (Å²) in [6.07, 6.45) is 12.1. The zero-order valence-corrected chi connectivity index (χ0v) is 11.7. The minimum absolute atomic E-state index is 0.869. The van der Waals surface area contributed by atoms with Gasteiger partial charge in [-0.2, -0.15) is 0 Å². The molecule has 0 aromatic heterocycles. The highest BCUT2D eigenvalue weighted by molar-refractivity contribution is 4.68. The standard InChI is InChI=1S/C15H31NO/c1-2-3-4-5-6-7-12-17-13-10-15-9-8-11-16-14-15/h15-16H,2-14H2,1H3. The number of ether oxygens (including phenoxy) is 1. The predicted molar refractivity (Wildman–Crippen MR) is 74.4 cm³/mol. The average molecular weight is 241 g/mol. The molecule has 0 aromatic rings. The zero-order valence-electron chi connectivity index (χ0n) is 11.7. The second-order valence-electron chi connectivity index (χ2n) is 5.38. The molecule has 0 aliphatic carbocycles. The van der Waals surface area contributed by atoms with E-state index >= 15 is 0 Å². The van der Waals surface area contributed by atoms with Gasteiger partial charge in [0.2, 0.25) is 0 Å². The Hall–Kier alpha value is -0.0800. The van der Waals surface area contributed by atoms with Gasteiger partial charge in [0.25, 0.3) is 0 Å². The summed E-state index contributed by atoms with van der Waals surface area (Å²) < 4.78 is 5.72. The number of unbranched alkanes of at least 4 members (excludes halogenated alkanes) is 5. The fourth-order valence-electron chi connectivity index (χ4n) is 2.51. The second-order valence-corrected chi connectivity index (χ2v) is 5.38. The van der Waals surface area contributed by atoms with Crippen molar-refractivity contribution >= 4 is 0 Å². The van der Waals surface area contributed by atoms with E-state index < -0.39 is 0 Å². The zero-order chi connectivity index (χ0) is 12.2. The number of hydrogen-bond acceptors (Lipinski definition) is 2. The van der Waals surface area contributed by atoms with Crippen LogP contribution in [0.3, 0.4) is 0 Å². The molecule has 1 unspecified atom stereocenters. The van der Waals surface area contributed by atoms with E-state index in [1.165, 1.54) is 70.9 Å². The normalized spacial score (nSPS) is 20.6. The van der Waals surface area contributed by atoms with Gasteiger partial charge >= 0.3 is 0 Å². The lowest BCUT2D eigenvalue weighted by Gasteiger charge is -2.22. The van der Waals surface area contributed by atoms with Gasteiger partial charge in [-0.3, -0.25) is 0 Å². The topological polar surface area (TPSA) is 21.3 Å². The van der Waals surface area contributed by atoms with Crippen LogP contribution in [0.5, 0.6) is 0 Å². The van der Waals surface area contributed by atoms with E-state index in [4.69, 9.17) is 4.74 Å². The Morgan fingerprint density at radius 3 is 2.65 bits per heavy atom. The molecule has 0 amide bonds. The van der Waals surface area contributed by atoms with Crippen LogP contribution in [0.15, 0.2) is 0 Å². The van der Waals surface area contributed by atoms with Crippen molar-refractivity contribution in [2.75, 3.05) is 26.3 Å². The molecular formula is C15H31NO. The van der Waals surface area contributed by atoms with Gasteiger partial charge in [-0.05, 0) is 44.7 Å². The molecule has 0 aromatic carbocycles.